The summed E-state index contributed by atoms with van der Waals surface area (Å²) in [5.41, 5.74) is 6.98. The Morgan fingerprint density at radius 2 is 1.95 bits per heavy atom. The minimum absolute atomic E-state index is 0.281. The van der Waals surface area contributed by atoms with Crippen LogP contribution < -0.4 is 15.2 Å². The van der Waals surface area contributed by atoms with E-state index in [2.05, 4.69) is 20.9 Å². The average Bonchev–Trinajstić information content (AvgIpc) is 2.39. The molecular weight excluding hydrogens is 336 g/mol. The van der Waals surface area contributed by atoms with Crippen LogP contribution in [-0.4, -0.2) is 18.0 Å². The van der Waals surface area contributed by atoms with Gasteiger partial charge in [0, 0.05) is 11.8 Å². The smallest absolute Gasteiger partial charge is 0.254 e. The number of pyridine rings is 1. The summed E-state index contributed by atoms with van der Waals surface area (Å²) in [6.07, 6.45) is 0. The Labute approximate surface area is 131 Å². The van der Waals surface area contributed by atoms with Crippen LogP contribution >= 0.6 is 15.9 Å². The van der Waals surface area contributed by atoms with Crippen molar-refractivity contribution >= 4 is 21.8 Å². The van der Waals surface area contributed by atoms with Gasteiger partial charge in [-0.3, -0.25) is 9.78 Å². The summed E-state index contributed by atoms with van der Waals surface area (Å²) in [5, 5.41) is 0. The normalized spacial score (nSPS) is 10.3. The van der Waals surface area contributed by atoms with Crippen molar-refractivity contribution in [1.29, 1.82) is 0 Å². The summed E-state index contributed by atoms with van der Waals surface area (Å²) >= 11 is 3.41. The Morgan fingerprint density at radius 1 is 1.24 bits per heavy atom. The van der Waals surface area contributed by atoms with Gasteiger partial charge in [-0.2, -0.15) is 0 Å². The summed E-state index contributed by atoms with van der Waals surface area (Å²) in [7, 11) is 1.59. The number of carbonyl (C=O) groups is 1. The molecule has 110 valence electrons. The molecule has 5 nitrogen and oxygen atoms in total. The van der Waals surface area contributed by atoms with Gasteiger partial charge >= 0.3 is 0 Å². The second-order valence-electron chi connectivity index (χ2n) is 4.48. The van der Waals surface area contributed by atoms with Gasteiger partial charge in [-0.25, -0.2) is 0 Å². The fraction of sp³-hybridized carbons (Fsp3) is 0.200. The number of hydrogen-bond acceptors (Lipinski definition) is 4. The number of ether oxygens (including phenoxy) is 2. The molecule has 1 amide bonds. The van der Waals surface area contributed by atoms with E-state index >= 15 is 0 Å². The lowest BCUT2D eigenvalue weighted by molar-refractivity contribution is 0.0997. The molecule has 6 heteroatoms. The molecule has 0 aliphatic carbocycles. The highest BCUT2D eigenvalue weighted by Crippen LogP contribution is 2.34. The molecule has 0 radical (unpaired) electrons. The summed E-state index contributed by atoms with van der Waals surface area (Å²) in [6, 6.07) is 6.98. The number of aryl methyl sites for hydroxylation is 2. The number of methoxy groups -OCH3 is 1. The molecule has 0 saturated heterocycles. The number of halogens is 1. The van der Waals surface area contributed by atoms with E-state index in [1.807, 2.05) is 6.92 Å². The molecule has 1 aromatic carbocycles. The predicted molar refractivity (Wildman–Crippen MR) is 83.0 cm³/mol. The number of carbonyl (C=O) groups excluding carboxylic acids is 1. The zero-order valence-electron chi connectivity index (χ0n) is 11.9. The highest BCUT2D eigenvalue weighted by molar-refractivity contribution is 9.10. The van der Waals surface area contributed by atoms with Crippen LogP contribution in [0.15, 0.2) is 28.7 Å². The zero-order chi connectivity index (χ0) is 15.6. The zero-order valence-corrected chi connectivity index (χ0v) is 13.5. The first-order chi connectivity index (χ1) is 9.92. The Balaban J connectivity index is 2.46. The molecule has 2 aromatic rings. The number of hydrogen-bond donors (Lipinski definition) is 1. The first-order valence-electron chi connectivity index (χ1n) is 6.21. The largest absolute Gasteiger partial charge is 0.497 e. The van der Waals surface area contributed by atoms with Crippen molar-refractivity contribution in [3.05, 3.63) is 45.7 Å². The van der Waals surface area contributed by atoms with E-state index in [-0.39, 0.29) is 5.56 Å². The van der Waals surface area contributed by atoms with Gasteiger partial charge in [0.05, 0.1) is 17.3 Å². The van der Waals surface area contributed by atoms with Gasteiger partial charge in [-0.05, 0) is 48.0 Å². The van der Waals surface area contributed by atoms with Crippen molar-refractivity contribution < 1.29 is 14.3 Å². The molecule has 0 bridgehead atoms. The van der Waals surface area contributed by atoms with Crippen LogP contribution in [0.25, 0.3) is 0 Å². The summed E-state index contributed by atoms with van der Waals surface area (Å²) < 4.78 is 11.7. The maximum Gasteiger partial charge on any atom is 0.254 e. The summed E-state index contributed by atoms with van der Waals surface area (Å²) in [4.78, 5) is 15.8. The number of amides is 1. The van der Waals surface area contributed by atoms with Gasteiger partial charge in [-0.1, -0.05) is 0 Å². The Bertz CT molecular complexity index is 702. The number of nitrogens with two attached hydrogens (primary N) is 1. The van der Waals surface area contributed by atoms with Crippen molar-refractivity contribution in [3.63, 3.8) is 0 Å². The number of rotatable bonds is 4. The van der Waals surface area contributed by atoms with Gasteiger partial charge < -0.3 is 15.2 Å². The van der Waals surface area contributed by atoms with E-state index in [9.17, 15) is 4.79 Å². The third kappa shape index (κ3) is 3.33. The monoisotopic (exact) mass is 350 g/mol. The van der Waals surface area contributed by atoms with Gasteiger partial charge in [0.1, 0.15) is 22.8 Å². The minimum Gasteiger partial charge on any atom is -0.497 e. The molecule has 1 aromatic heterocycles. The van der Waals surface area contributed by atoms with E-state index in [0.717, 1.165) is 5.69 Å². The van der Waals surface area contributed by atoms with Crippen molar-refractivity contribution in [1.82, 2.24) is 4.98 Å². The molecule has 0 spiro atoms. The van der Waals surface area contributed by atoms with Crippen LogP contribution in [0, 0.1) is 13.8 Å². The maximum atomic E-state index is 11.6. The molecule has 0 saturated carbocycles. The maximum absolute atomic E-state index is 11.6. The quantitative estimate of drug-likeness (QED) is 0.917. The Hall–Kier alpha value is -2.08. The third-order valence-corrected chi connectivity index (χ3v) is 3.52. The molecule has 21 heavy (non-hydrogen) atoms. The fourth-order valence-electron chi connectivity index (χ4n) is 1.98. The molecule has 0 aliphatic heterocycles. The summed E-state index contributed by atoms with van der Waals surface area (Å²) in [5.74, 6) is 1.08. The van der Waals surface area contributed by atoms with Crippen LogP contribution in [0.2, 0.25) is 0 Å². The molecular formula is C15H15BrN2O3. The van der Waals surface area contributed by atoms with Crippen LogP contribution in [0.5, 0.6) is 17.2 Å². The van der Waals surface area contributed by atoms with Gasteiger partial charge in [-0.15, -0.1) is 0 Å². The molecule has 0 fully saturated rings. The number of aromatic nitrogens is 1. The third-order valence-electron chi connectivity index (χ3n) is 2.90. The van der Waals surface area contributed by atoms with E-state index < -0.39 is 5.91 Å². The van der Waals surface area contributed by atoms with E-state index in [1.54, 1.807) is 38.3 Å². The number of nitrogens with zero attached hydrogens (tertiary/aromatic N) is 1. The molecule has 0 aliphatic rings. The van der Waals surface area contributed by atoms with Crippen LogP contribution in [0.1, 0.15) is 21.7 Å². The lowest BCUT2D eigenvalue weighted by Crippen LogP contribution is -2.15. The summed E-state index contributed by atoms with van der Waals surface area (Å²) in [6.45, 7) is 3.55. The van der Waals surface area contributed by atoms with Crippen molar-refractivity contribution in [2.75, 3.05) is 7.11 Å². The molecule has 1 heterocycles. The average molecular weight is 351 g/mol. The van der Waals surface area contributed by atoms with E-state index in [1.165, 1.54) is 0 Å². The van der Waals surface area contributed by atoms with Crippen LogP contribution in [-0.2, 0) is 0 Å². The second kappa shape index (κ2) is 6.13. The highest BCUT2D eigenvalue weighted by Gasteiger charge is 2.16. The minimum atomic E-state index is -0.570. The van der Waals surface area contributed by atoms with Crippen molar-refractivity contribution in [3.8, 4) is 17.2 Å². The Morgan fingerprint density at radius 3 is 2.52 bits per heavy atom. The molecule has 0 unspecified atom stereocenters. The topological polar surface area (TPSA) is 74.4 Å². The molecule has 0 atom stereocenters. The van der Waals surface area contributed by atoms with Crippen LogP contribution in [0.3, 0.4) is 0 Å². The Kier molecular flexibility index (Phi) is 4.47. The van der Waals surface area contributed by atoms with E-state index in [4.69, 9.17) is 15.2 Å². The van der Waals surface area contributed by atoms with E-state index in [0.29, 0.717) is 27.4 Å². The number of primary amides is 1. The van der Waals surface area contributed by atoms with Crippen LogP contribution in [0.4, 0.5) is 0 Å². The lowest BCUT2D eigenvalue weighted by atomic mass is 10.1. The van der Waals surface area contributed by atoms with Crippen molar-refractivity contribution in [2.24, 2.45) is 5.73 Å². The SMILES string of the molecule is COc1ccc(Oc2cc(C)nc(C)c2C(N)=O)c(Br)c1. The lowest BCUT2D eigenvalue weighted by Gasteiger charge is -2.13. The van der Waals surface area contributed by atoms with Crippen molar-refractivity contribution in [2.45, 2.75) is 13.8 Å². The first-order valence-corrected chi connectivity index (χ1v) is 7.01. The van der Waals surface area contributed by atoms with Gasteiger partial charge in [0.2, 0.25) is 0 Å². The van der Waals surface area contributed by atoms with Gasteiger partial charge in [0.15, 0.2) is 0 Å². The van der Waals surface area contributed by atoms with Gasteiger partial charge in [0.25, 0.3) is 5.91 Å². The second-order valence-corrected chi connectivity index (χ2v) is 5.34. The highest BCUT2D eigenvalue weighted by atomic mass is 79.9. The molecule has 2 N–H and O–H groups in total. The standard InChI is InChI=1S/C15H15BrN2O3/c1-8-6-13(14(15(17)19)9(2)18-8)21-12-5-4-10(20-3)7-11(12)16/h4-7H,1-3H3,(H2,17,19). The molecule has 2 rings (SSSR count). The first kappa shape index (κ1) is 15.3. The number of benzene rings is 1. The fourth-order valence-corrected chi connectivity index (χ4v) is 2.42. The predicted octanol–water partition coefficient (Wildman–Crippen LogP) is 3.36.